The van der Waals surface area contributed by atoms with Crippen molar-refractivity contribution in [3.05, 3.63) is 47.2 Å². The van der Waals surface area contributed by atoms with Crippen molar-refractivity contribution < 1.29 is 16.8 Å². The van der Waals surface area contributed by atoms with Crippen LogP contribution < -0.4 is 14.8 Å². The van der Waals surface area contributed by atoms with Gasteiger partial charge in [0.25, 0.3) is 0 Å². The normalized spacial score (nSPS) is 13.3. The van der Waals surface area contributed by atoms with Gasteiger partial charge >= 0.3 is 0 Å². The van der Waals surface area contributed by atoms with Gasteiger partial charge in [0.15, 0.2) is 0 Å². The summed E-state index contributed by atoms with van der Waals surface area (Å²) in [6.07, 6.45) is 7.79. The number of imidazole rings is 1. The summed E-state index contributed by atoms with van der Waals surface area (Å²) in [4.78, 5) is 7.72. The van der Waals surface area contributed by atoms with Crippen LogP contribution >= 0.6 is 0 Å². The number of nitrogens with zero attached hydrogens (tertiary/aromatic N) is 6. The predicted molar refractivity (Wildman–Crippen MR) is 145 cm³/mol. The Morgan fingerprint density at radius 2 is 1.87 bits per heavy atom. The zero-order valence-corrected chi connectivity index (χ0v) is 23.4. The van der Waals surface area contributed by atoms with Crippen LogP contribution in [-0.2, 0) is 20.0 Å². The van der Waals surface area contributed by atoms with Crippen molar-refractivity contribution in [2.24, 2.45) is 15.4 Å². The van der Waals surface area contributed by atoms with E-state index in [0.717, 1.165) is 31.7 Å². The second-order valence-corrected chi connectivity index (χ2v) is 12.7. The first-order chi connectivity index (χ1) is 17.9. The molecule has 0 fully saturated rings. The molecule has 0 saturated carbocycles. The number of unbranched alkanes of at least 4 members (excludes halogenated alkanes) is 5. The third-order valence-electron chi connectivity index (χ3n) is 6.05. The van der Waals surface area contributed by atoms with Crippen molar-refractivity contribution in [1.29, 1.82) is 0 Å². The molecule has 3 N–H and O–H groups in total. The number of nitrogens with one attached hydrogen (secondary N) is 1. The Kier molecular flexibility index (Phi) is 9.77. The summed E-state index contributed by atoms with van der Waals surface area (Å²) in [6.45, 7) is 13.3. The van der Waals surface area contributed by atoms with E-state index in [-0.39, 0.29) is 34.5 Å². The Balaban J connectivity index is 1.69. The molecule has 206 valence electrons. The third-order valence-corrected chi connectivity index (χ3v) is 8.40. The van der Waals surface area contributed by atoms with Crippen molar-refractivity contribution in [1.82, 2.24) is 19.3 Å². The molecule has 2 aromatic heterocycles. The number of primary sulfonamides is 1. The monoisotopic (exact) mass is 561 g/mol. The van der Waals surface area contributed by atoms with E-state index >= 15 is 0 Å². The zero-order chi connectivity index (χ0) is 27.9. The second-order valence-electron chi connectivity index (χ2n) is 9.21. The molecular weight excluding hydrogens is 528 g/mol. The van der Waals surface area contributed by atoms with Crippen LogP contribution in [-0.4, -0.2) is 38.7 Å². The number of sulfonamides is 2. The molecule has 3 rings (SSSR count). The number of benzene rings is 1. The highest BCUT2D eigenvalue weighted by molar-refractivity contribution is 7.89. The molecule has 0 spiro atoms. The minimum atomic E-state index is -3.96. The molecular formula is C24H33N8O4S2-. The predicted octanol–water partition coefficient (Wildman–Crippen LogP) is 4.60. The maximum atomic E-state index is 12.4. The summed E-state index contributed by atoms with van der Waals surface area (Å²) in [5.74, 6) is -0.0985. The summed E-state index contributed by atoms with van der Waals surface area (Å²) < 4.78 is 52.1. The van der Waals surface area contributed by atoms with Gasteiger partial charge in [-0.15, -0.1) is 0 Å². The average molecular weight is 562 g/mol. The Hall–Kier alpha value is -3.12. The van der Waals surface area contributed by atoms with Crippen LogP contribution in [0, 0.1) is 13.5 Å². The minimum Gasteiger partial charge on any atom is -0.436 e. The van der Waals surface area contributed by atoms with Gasteiger partial charge in [0.1, 0.15) is 5.69 Å². The number of hydrogen-bond donors (Lipinski definition) is 2. The molecule has 0 radical (unpaired) electrons. The van der Waals surface area contributed by atoms with Gasteiger partial charge in [-0.1, -0.05) is 57.8 Å². The van der Waals surface area contributed by atoms with Gasteiger partial charge in [-0.3, -0.25) is 5.10 Å². The molecule has 0 aliphatic carbocycles. The Labute approximate surface area is 223 Å². The van der Waals surface area contributed by atoms with Gasteiger partial charge in [0, 0.05) is 6.54 Å². The van der Waals surface area contributed by atoms with E-state index in [0.29, 0.717) is 29.1 Å². The van der Waals surface area contributed by atoms with Crippen LogP contribution in [0.25, 0.3) is 10.5 Å². The number of aromatic nitrogens is 3. The highest BCUT2D eigenvalue weighted by atomic mass is 32.2. The zero-order valence-electron chi connectivity index (χ0n) is 21.8. The molecule has 3 aromatic rings. The fourth-order valence-electron chi connectivity index (χ4n) is 3.81. The number of rotatable bonds is 14. The average Bonchev–Trinajstić information content (AvgIpc) is 3.40. The van der Waals surface area contributed by atoms with E-state index in [4.69, 9.17) is 11.7 Å². The van der Waals surface area contributed by atoms with E-state index in [2.05, 4.69) is 36.8 Å². The first kappa shape index (κ1) is 29.4. The van der Waals surface area contributed by atoms with Gasteiger partial charge in [0.2, 0.25) is 25.7 Å². The number of fused-ring (bicyclic) bond motifs is 1. The van der Waals surface area contributed by atoms with E-state index < -0.39 is 20.0 Å². The second kappa shape index (κ2) is 12.6. The molecule has 1 aromatic carbocycles. The summed E-state index contributed by atoms with van der Waals surface area (Å²) in [5.41, 5.74) is 2.18. The minimum absolute atomic E-state index is 0.0145. The van der Waals surface area contributed by atoms with Gasteiger partial charge in [0.05, 0.1) is 28.6 Å². The number of aryl methyl sites for hydroxylation is 1. The van der Waals surface area contributed by atoms with Crippen molar-refractivity contribution in [3.63, 3.8) is 0 Å². The fourth-order valence-corrected chi connectivity index (χ4v) is 5.58. The molecule has 14 heteroatoms. The summed E-state index contributed by atoms with van der Waals surface area (Å²) >= 11 is 0. The third kappa shape index (κ3) is 7.70. The lowest BCUT2D eigenvalue weighted by atomic mass is 10.1. The number of hydrogen-bond acceptors (Lipinski definition) is 7. The summed E-state index contributed by atoms with van der Waals surface area (Å²) in [5, 5.41) is 17.9. The standard InChI is InChI=1S/C24H33N8O4S2/c1-5-6-7-8-9-10-13-37(33,34)27-15-17(2)22-16-32-24(28-22)23(18(3)31-32)30-29-20-12-11-19(38(25,35)36)14-21(20)26-4/h11-12,14,16-17,27H,5-10,13,15H2,1-3H3,(H2,25,35,36)/q-1. The number of azo groups is 1. The van der Waals surface area contributed by atoms with Crippen molar-refractivity contribution >= 4 is 42.8 Å². The van der Waals surface area contributed by atoms with Crippen molar-refractivity contribution in [2.75, 3.05) is 12.3 Å². The van der Waals surface area contributed by atoms with Crippen LogP contribution in [0.15, 0.2) is 39.5 Å². The SMILES string of the molecule is [C-]#[N+]c1cc(S(N)(=O)=O)ccc1N=Nc1c(C)nn2cc(C(C)CNS(=O)(=O)CCCCCCCC)[n-]c12. The lowest BCUT2D eigenvalue weighted by Crippen LogP contribution is -2.30. The van der Waals surface area contributed by atoms with Crippen LogP contribution in [0.1, 0.15) is 69.7 Å². The lowest BCUT2D eigenvalue weighted by Gasteiger charge is -2.14. The Morgan fingerprint density at radius 1 is 1.16 bits per heavy atom. The molecule has 12 nitrogen and oxygen atoms in total. The molecule has 2 heterocycles. The van der Waals surface area contributed by atoms with Gasteiger partial charge in [-0.2, -0.15) is 10.2 Å². The van der Waals surface area contributed by atoms with Gasteiger partial charge < -0.3 is 9.50 Å². The quantitative estimate of drug-likeness (QED) is 0.166. The first-order valence-corrected chi connectivity index (χ1v) is 15.6. The number of nitrogens with two attached hydrogens (primary N) is 1. The molecule has 0 amide bonds. The van der Waals surface area contributed by atoms with Crippen molar-refractivity contribution in [3.8, 4) is 0 Å². The van der Waals surface area contributed by atoms with Crippen LogP contribution in [0.2, 0.25) is 0 Å². The maximum Gasteiger partial charge on any atom is 0.236 e. The molecule has 0 saturated heterocycles. The van der Waals surface area contributed by atoms with Crippen LogP contribution in [0.5, 0.6) is 0 Å². The largest absolute Gasteiger partial charge is 0.436 e. The van der Waals surface area contributed by atoms with Crippen LogP contribution in [0.4, 0.5) is 17.1 Å². The Bertz CT molecular complexity index is 1550. The molecule has 1 unspecified atom stereocenters. The highest BCUT2D eigenvalue weighted by Crippen LogP contribution is 2.33. The molecule has 38 heavy (non-hydrogen) atoms. The molecule has 0 aliphatic heterocycles. The highest BCUT2D eigenvalue weighted by Gasteiger charge is 2.15. The lowest BCUT2D eigenvalue weighted by molar-refractivity contribution is 0.564. The molecule has 0 aliphatic rings. The van der Waals surface area contributed by atoms with Gasteiger partial charge in [-0.25, -0.2) is 31.5 Å². The summed E-state index contributed by atoms with van der Waals surface area (Å²) in [6, 6.07) is 3.76. The van der Waals surface area contributed by atoms with E-state index in [1.807, 2.05) is 6.92 Å². The smallest absolute Gasteiger partial charge is 0.236 e. The summed E-state index contributed by atoms with van der Waals surface area (Å²) in [7, 11) is -7.33. The fraction of sp³-hybridized carbons (Fsp3) is 0.500. The molecule has 1 atom stereocenters. The van der Waals surface area contributed by atoms with E-state index in [9.17, 15) is 16.8 Å². The Morgan fingerprint density at radius 3 is 2.55 bits per heavy atom. The first-order valence-electron chi connectivity index (χ1n) is 12.4. The van der Waals surface area contributed by atoms with Crippen LogP contribution in [0.3, 0.4) is 0 Å². The molecule has 0 bridgehead atoms. The van der Waals surface area contributed by atoms with E-state index in [1.54, 1.807) is 17.6 Å². The van der Waals surface area contributed by atoms with Crippen molar-refractivity contribution in [2.45, 2.75) is 70.1 Å². The topological polar surface area (TPSA) is 167 Å². The van der Waals surface area contributed by atoms with E-state index in [1.165, 1.54) is 18.6 Å². The van der Waals surface area contributed by atoms with Gasteiger partial charge in [-0.05, 0) is 43.1 Å². The maximum absolute atomic E-state index is 12.4.